The third kappa shape index (κ3) is 3.51. The Kier molecular flexibility index (Phi) is 4.68. The fourth-order valence-electron chi connectivity index (χ4n) is 2.66. The molecule has 1 aromatic rings. The molecule has 0 amide bonds. The number of likely N-dealkylation sites (tertiary alicyclic amines) is 1. The van der Waals surface area contributed by atoms with Crippen LogP contribution in [-0.2, 0) is 11.3 Å². The quantitative estimate of drug-likeness (QED) is 0.928. The van der Waals surface area contributed by atoms with Gasteiger partial charge in [0.05, 0.1) is 11.2 Å². The van der Waals surface area contributed by atoms with Gasteiger partial charge in [0, 0.05) is 25.2 Å². The normalized spacial score (nSPS) is 23.8. The van der Waals surface area contributed by atoms with Crippen molar-refractivity contribution in [1.29, 1.82) is 0 Å². The lowest BCUT2D eigenvalue weighted by Crippen LogP contribution is -2.46. The summed E-state index contributed by atoms with van der Waals surface area (Å²) in [5, 5.41) is 9.45. The number of methoxy groups -OCH3 is 1. The van der Waals surface area contributed by atoms with Crippen LogP contribution in [0, 0.1) is 0 Å². The van der Waals surface area contributed by atoms with Crippen molar-refractivity contribution >= 4 is 17.6 Å². The van der Waals surface area contributed by atoms with E-state index in [1.165, 1.54) is 6.07 Å². The van der Waals surface area contributed by atoms with Crippen LogP contribution >= 0.6 is 11.6 Å². The molecule has 0 saturated carbocycles. The van der Waals surface area contributed by atoms with Crippen molar-refractivity contribution in [2.75, 3.05) is 20.2 Å². The Morgan fingerprint density at radius 1 is 1.55 bits per heavy atom. The second-order valence-electron chi connectivity index (χ2n) is 5.58. The van der Waals surface area contributed by atoms with E-state index in [0.717, 1.165) is 38.0 Å². The van der Waals surface area contributed by atoms with Gasteiger partial charge in [-0.05, 0) is 44.0 Å². The van der Waals surface area contributed by atoms with Gasteiger partial charge in [0.1, 0.15) is 0 Å². The van der Waals surface area contributed by atoms with E-state index >= 15 is 0 Å². The molecule has 1 aliphatic heterocycles. The van der Waals surface area contributed by atoms with Gasteiger partial charge in [0.2, 0.25) is 0 Å². The zero-order valence-corrected chi connectivity index (χ0v) is 12.6. The molecule has 4 nitrogen and oxygen atoms in total. The molecule has 1 atom stereocenters. The molecular formula is C15H20ClNO3. The van der Waals surface area contributed by atoms with Crippen molar-refractivity contribution < 1.29 is 14.6 Å². The number of ether oxygens (including phenoxy) is 1. The summed E-state index contributed by atoms with van der Waals surface area (Å²) in [6.07, 6.45) is 2.15. The van der Waals surface area contributed by atoms with E-state index in [1.807, 2.05) is 0 Å². The molecule has 0 aromatic heterocycles. The van der Waals surface area contributed by atoms with Gasteiger partial charge in [-0.2, -0.15) is 0 Å². The van der Waals surface area contributed by atoms with E-state index < -0.39 is 5.97 Å². The van der Waals surface area contributed by atoms with Crippen LogP contribution in [0.15, 0.2) is 18.2 Å². The highest BCUT2D eigenvalue weighted by Crippen LogP contribution is 2.27. The molecule has 0 aliphatic carbocycles. The first-order chi connectivity index (χ1) is 9.43. The maximum Gasteiger partial charge on any atom is 0.335 e. The minimum absolute atomic E-state index is 0.105. The molecule has 0 radical (unpaired) electrons. The topological polar surface area (TPSA) is 49.8 Å². The van der Waals surface area contributed by atoms with Crippen LogP contribution < -0.4 is 0 Å². The lowest BCUT2D eigenvalue weighted by atomic mass is 9.94. The van der Waals surface area contributed by atoms with E-state index in [-0.39, 0.29) is 11.2 Å². The average Bonchev–Trinajstić information content (AvgIpc) is 2.41. The number of piperidine rings is 1. The van der Waals surface area contributed by atoms with Gasteiger partial charge in [0.25, 0.3) is 0 Å². The van der Waals surface area contributed by atoms with Crippen molar-refractivity contribution in [3.63, 3.8) is 0 Å². The number of hydrogen-bond acceptors (Lipinski definition) is 3. The summed E-state index contributed by atoms with van der Waals surface area (Å²) in [6, 6.07) is 4.91. The molecule has 1 aliphatic rings. The van der Waals surface area contributed by atoms with E-state index in [1.54, 1.807) is 19.2 Å². The second-order valence-corrected chi connectivity index (χ2v) is 5.99. The molecule has 2 rings (SSSR count). The molecular weight excluding hydrogens is 278 g/mol. The zero-order chi connectivity index (χ0) is 14.8. The van der Waals surface area contributed by atoms with Crippen LogP contribution in [0.1, 0.15) is 35.7 Å². The highest BCUT2D eigenvalue weighted by atomic mass is 35.5. The van der Waals surface area contributed by atoms with Gasteiger partial charge in [-0.15, -0.1) is 0 Å². The number of aromatic carboxylic acids is 1. The Morgan fingerprint density at radius 2 is 2.30 bits per heavy atom. The van der Waals surface area contributed by atoms with Crippen LogP contribution in [0.2, 0.25) is 5.02 Å². The van der Waals surface area contributed by atoms with Gasteiger partial charge in [0.15, 0.2) is 0 Å². The minimum Gasteiger partial charge on any atom is -0.478 e. The number of hydrogen-bond donors (Lipinski definition) is 1. The summed E-state index contributed by atoms with van der Waals surface area (Å²) >= 11 is 6.18. The third-order valence-electron chi connectivity index (χ3n) is 3.92. The van der Waals surface area contributed by atoms with Gasteiger partial charge in [-0.3, -0.25) is 4.90 Å². The molecule has 5 heteroatoms. The van der Waals surface area contributed by atoms with Crippen LogP contribution in [0.5, 0.6) is 0 Å². The first kappa shape index (κ1) is 15.3. The number of nitrogens with zero attached hydrogens (tertiary/aromatic N) is 1. The Labute approximate surface area is 124 Å². The van der Waals surface area contributed by atoms with Crippen molar-refractivity contribution in [3.05, 3.63) is 34.3 Å². The van der Waals surface area contributed by atoms with E-state index in [9.17, 15) is 4.79 Å². The summed E-state index contributed by atoms with van der Waals surface area (Å²) < 4.78 is 5.58. The maximum absolute atomic E-state index is 10.9. The molecule has 110 valence electrons. The number of benzene rings is 1. The first-order valence-corrected chi connectivity index (χ1v) is 7.10. The van der Waals surface area contributed by atoms with Crippen molar-refractivity contribution in [2.24, 2.45) is 0 Å². The molecule has 1 fully saturated rings. The van der Waals surface area contributed by atoms with Gasteiger partial charge in [-0.25, -0.2) is 4.79 Å². The van der Waals surface area contributed by atoms with Gasteiger partial charge in [-0.1, -0.05) is 17.7 Å². The number of rotatable bonds is 4. The molecule has 1 unspecified atom stereocenters. The lowest BCUT2D eigenvalue weighted by molar-refractivity contribution is -0.0526. The number of carboxylic acids is 1. The predicted molar refractivity (Wildman–Crippen MR) is 78.3 cm³/mol. The highest BCUT2D eigenvalue weighted by molar-refractivity contribution is 6.31. The van der Waals surface area contributed by atoms with Gasteiger partial charge < -0.3 is 9.84 Å². The first-order valence-electron chi connectivity index (χ1n) is 6.73. The molecule has 1 aromatic carbocycles. The third-order valence-corrected chi connectivity index (χ3v) is 4.28. The van der Waals surface area contributed by atoms with Crippen molar-refractivity contribution in [1.82, 2.24) is 4.90 Å². The smallest absolute Gasteiger partial charge is 0.335 e. The van der Waals surface area contributed by atoms with Crippen LogP contribution in [0.3, 0.4) is 0 Å². The minimum atomic E-state index is -0.955. The summed E-state index contributed by atoms with van der Waals surface area (Å²) in [5.74, 6) is -0.955. The van der Waals surface area contributed by atoms with E-state index in [4.69, 9.17) is 21.4 Å². The van der Waals surface area contributed by atoms with Crippen LogP contribution in [-0.4, -0.2) is 41.8 Å². The highest BCUT2D eigenvalue weighted by Gasteiger charge is 2.30. The van der Waals surface area contributed by atoms with Gasteiger partial charge >= 0.3 is 5.97 Å². The zero-order valence-electron chi connectivity index (χ0n) is 11.9. The Balaban J connectivity index is 2.08. The number of halogens is 1. The van der Waals surface area contributed by atoms with Crippen LogP contribution in [0.25, 0.3) is 0 Å². The molecule has 1 heterocycles. The molecule has 1 saturated heterocycles. The fourth-order valence-corrected chi connectivity index (χ4v) is 2.90. The Morgan fingerprint density at radius 3 is 2.90 bits per heavy atom. The lowest BCUT2D eigenvalue weighted by Gasteiger charge is -2.39. The van der Waals surface area contributed by atoms with Crippen molar-refractivity contribution in [3.8, 4) is 0 Å². The number of carboxylic acid groups (broad SMARTS) is 1. The largest absolute Gasteiger partial charge is 0.478 e. The predicted octanol–water partition coefficient (Wildman–Crippen LogP) is 3.04. The summed E-state index contributed by atoms with van der Waals surface area (Å²) in [5.41, 5.74) is 1.07. The molecule has 0 bridgehead atoms. The standard InChI is InChI=1S/C15H20ClNO3/c1-15(20-2)6-3-7-17(10-15)9-12-5-4-11(14(18)19)8-13(12)16/h4-5,8H,3,6-7,9-10H2,1-2H3,(H,18,19). The summed E-state index contributed by atoms with van der Waals surface area (Å²) in [6.45, 7) is 4.71. The molecule has 20 heavy (non-hydrogen) atoms. The summed E-state index contributed by atoms with van der Waals surface area (Å²) in [4.78, 5) is 13.2. The maximum atomic E-state index is 10.9. The Hall–Kier alpha value is -1.10. The van der Waals surface area contributed by atoms with E-state index in [2.05, 4.69) is 11.8 Å². The average molecular weight is 298 g/mol. The molecule has 1 N–H and O–H groups in total. The fraction of sp³-hybridized carbons (Fsp3) is 0.533. The second kappa shape index (κ2) is 6.12. The van der Waals surface area contributed by atoms with E-state index in [0.29, 0.717) is 5.02 Å². The summed E-state index contributed by atoms with van der Waals surface area (Å²) in [7, 11) is 1.75. The number of carbonyl (C=O) groups is 1. The molecule has 0 spiro atoms. The monoisotopic (exact) mass is 297 g/mol. The van der Waals surface area contributed by atoms with Crippen molar-refractivity contribution in [2.45, 2.75) is 31.9 Å². The Bertz CT molecular complexity index is 506. The van der Waals surface area contributed by atoms with Crippen LogP contribution in [0.4, 0.5) is 0 Å². The SMILES string of the molecule is COC1(C)CCCN(Cc2ccc(C(=O)O)cc2Cl)C1.